The van der Waals surface area contributed by atoms with Crippen LogP contribution in [0.5, 0.6) is 0 Å². The summed E-state index contributed by atoms with van der Waals surface area (Å²) in [5.74, 6) is -0.166. The summed E-state index contributed by atoms with van der Waals surface area (Å²) in [6.45, 7) is 0. The van der Waals surface area contributed by atoms with Gasteiger partial charge in [-0.2, -0.15) is 0 Å². The van der Waals surface area contributed by atoms with Gasteiger partial charge >= 0.3 is 0 Å². The molecule has 1 aromatic carbocycles. The van der Waals surface area contributed by atoms with Crippen LogP contribution in [0.2, 0.25) is 0 Å². The molecule has 0 spiro atoms. The molecule has 4 nitrogen and oxygen atoms in total. The Labute approximate surface area is 122 Å². The van der Waals surface area contributed by atoms with Gasteiger partial charge in [-0.25, -0.2) is 0 Å². The zero-order chi connectivity index (χ0) is 13.1. The number of para-hydroxylation sites is 1. The van der Waals surface area contributed by atoms with Crippen molar-refractivity contribution in [3.05, 3.63) is 66.6 Å². The van der Waals surface area contributed by atoms with Gasteiger partial charge in [0.1, 0.15) is 0 Å². The van der Waals surface area contributed by atoms with E-state index in [-0.39, 0.29) is 18.3 Å². The lowest BCUT2D eigenvalue weighted by Crippen LogP contribution is -2.12. The first kappa shape index (κ1) is 14.0. The maximum absolute atomic E-state index is 12.1. The zero-order valence-electron chi connectivity index (χ0n) is 10.5. The summed E-state index contributed by atoms with van der Waals surface area (Å²) >= 11 is 0. The number of hydrogen-bond donors (Lipinski definition) is 1. The van der Waals surface area contributed by atoms with Crippen LogP contribution in [0.4, 0.5) is 5.69 Å². The van der Waals surface area contributed by atoms with E-state index in [2.05, 4.69) is 15.3 Å². The smallest absolute Gasteiger partial charge is 0.255 e. The van der Waals surface area contributed by atoms with Gasteiger partial charge in [0, 0.05) is 29.5 Å². The molecule has 0 aliphatic carbocycles. The van der Waals surface area contributed by atoms with E-state index in [1.54, 1.807) is 30.7 Å². The molecular formula is C15H12ClN3O. The van der Waals surface area contributed by atoms with Gasteiger partial charge in [-0.3, -0.25) is 14.8 Å². The lowest BCUT2D eigenvalue weighted by atomic mass is 10.2. The summed E-state index contributed by atoms with van der Waals surface area (Å²) in [5, 5.41) is 3.87. The Morgan fingerprint density at radius 3 is 2.50 bits per heavy atom. The molecule has 0 radical (unpaired) electrons. The van der Waals surface area contributed by atoms with Crippen LogP contribution in [-0.4, -0.2) is 15.9 Å². The van der Waals surface area contributed by atoms with E-state index < -0.39 is 0 Å². The van der Waals surface area contributed by atoms with Gasteiger partial charge in [0.05, 0.1) is 11.2 Å². The van der Waals surface area contributed by atoms with Crippen molar-refractivity contribution in [3.8, 4) is 0 Å². The zero-order valence-corrected chi connectivity index (χ0v) is 11.3. The maximum atomic E-state index is 12.1. The third-order valence-electron chi connectivity index (χ3n) is 2.82. The number of aromatic nitrogens is 2. The van der Waals surface area contributed by atoms with Crippen LogP contribution < -0.4 is 5.32 Å². The number of amides is 1. The van der Waals surface area contributed by atoms with Crippen LogP contribution in [-0.2, 0) is 0 Å². The average Bonchev–Trinajstić information content (AvgIpc) is 2.48. The van der Waals surface area contributed by atoms with E-state index in [0.29, 0.717) is 11.3 Å². The number of carbonyl (C=O) groups excluding carboxylic acids is 1. The Morgan fingerprint density at radius 2 is 1.70 bits per heavy atom. The molecule has 0 atom stereocenters. The highest BCUT2D eigenvalue weighted by molar-refractivity contribution is 6.08. The van der Waals surface area contributed by atoms with E-state index in [1.165, 1.54) is 0 Å². The van der Waals surface area contributed by atoms with Crippen molar-refractivity contribution < 1.29 is 4.79 Å². The molecule has 0 bridgehead atoms. The first-order valence-electron chi connectivity index (χ1n) is 5.90. The number of nitrogens with one attached hydrogen (secondary N) is 1. The van der Waals surface area contributed by atoms with Crippen molar-refractivity contribution >= 4 is 34.9 Å². The topological polar surface area (TPSA) is 54.9 Å². The fourth-order valence-electron chi connectivity index (χ4n) is 1.90. The number of pyridine rings is 2. The molecular weight excluding hydrogens is 274 g/mol. The van der Waals surface area contributed by atoms with E-state index >= 15 is 0 Å². The van der Waals surface area contributed by atoms with Crippen LogP contribution in [0, 0.1) is 0 Å². The van der Waals surface area contributed by atoms with Gasteiger partial charge in [-0.15, -0.1) is 12.4 Å². The second-order valence-corrected chi connectivity index (χ2v) is 4.07. The van der Waals surface area contributed by atoms with E-state index in [0.717, 1.165) is 10.9 Å². The molecule has 0 saturated heterocycles. The Kier molecular flexibility index (Phi) is 4.27. The van der Waals surface area contributed by atoms with Crippen molar-refractivity contribution in [1.29, 1.82) is 0 Å². The monoisotopic (exact) mass is 285 g/mol. The molecule has 0 aliphatic rings. The molecule has 3 aromatic rings. The molecule has 2 heterocycles. The minimum Gasteiger partial charge on any atom is -0.320 e. The van der Waals surface area contributed by atoms with Crippen LogP contribution >= 0.6 is 12.4 Å². The van der Waals surface area contributed by atoms with Crippen molar-refractivity contribution in [2.24, 2.45) is 0 Å². The minimum atomic E-state index is -0.166. The normalized spacial score (nSPS) is 9.80. The summed E-state index contributed by atoms with van der Waals surface area (Å²) < 4.78 is 0. The van der Waals surface area contributed by atoms with Gasteiger partial charge < -0.3 is 5.32 Å². The number of hydrogen-bond acceptors (Lipinski definition) is 3. The molecule has 1 N–H and O–H groups in total. The van der Waals surface area contributed by atoms with Gasteiger partial charge in [0.15, 0.2) is 0 Å². The van der Waals surface area contributed by atoms with Crippen molar-refractivity contribution in [2.45, 2.75) is 0 Å². The van der Waals surface area contributed by atoms with Crippen LogP contribution in [0.1, 0.15) is 10.4 Å². The predicted molar refractivity (Wildman–Crippen MR) is 81.2 cm³/mol. The van der Waals surface area contributed by atoms with Crippen LogP contribution in [0.25, 0.3) is 10.9 Å². The number of halogens is 1. The highest BCUT2D eigenvalue weighted by Gasteiger charge is 2.08. The molecule has 2 aromatic heterocycles. The van der Waals surface area contributed by atoms with E-state index in [4.69, 9.17) is 0 Å². The maximum Gasteiger partial charge on any atom is 0.255 e. The third kappa shape index (κ3) is 2.75. The van der Waals surface area contributed by atoms with Crippen LogP contribution in [0.15, 0.2) is 61.1 Å². The number of carbonyl (C=O) groups is 1. The van der Waals surface area contributed by atoms with Gasteiger partial charge in [-0.05, 0) is 24.3 Å². The first-order valence-corrected chi connectivity index (χ1v) is 5.90. The Balaban J connectivity index is 0.00000147. The Hall–Kier alpha value is -2.46. The lowest BCUT2D eigenvalue weighted by molar-refractivity contribution is 0.102. The first-order chi connectivity index (χ1) is 9.34. The average molecular weight is 286 g/mol. The molecule has 0 unspecified atom stereocenters. The molecule has 0 aliphatic heterocycles. The lowest BCUT2D eigenvalue weighted by Gasteiger charge is -2.07. The van der Waals surface area contributed by atoms with E-state index in [1.807, 2.05) is 30.3 Å². The summed E-state index contributed by atoms with van der Waals surface area (Å²) in [6, 6.07) is 12.9. The summed E-state index contributed by atoms with van der Waals surface area (Å²) in [4.78, 5) is 20.3. The van der Waals surface area contributed by atoms with E-state index in [9.17, 15) is 4.79 Å². The Morgan fingerprint density at radius 1 is 0.950 bits per heavy atom. The fraction of sp³-hybridized carbons (Fsp3) is 0. The second-order valence-electron chi connectivity index (χ2n) is 4.07. The van der Waals surface area contributed by atoms with Gasteiger partial charge in [-0.1, -0.05) is 18.2 Å². The van der Waals surface area contributed by atoms with Crippen LogP contribution in [0.3, 0.4) is 0 Å². The van der Waals surface area contributed by atoms with Crippen molar-refractivity contribution in [3.63, 3.8) is 0 Å². The number of anilines is 1. The Bertz CT molecular complexity index is 726. The molecule has 100 valence electrons. The van der Waals surface area contributed by atoms with Gasteiger partial charge in [0.25, 0.3) is 5.91 Å². The molecule has 1 amide bonds. The van der Waals surface area contributed by atoms with Gasteiger partial charge in [0.2, 0.25) is 0 Å². The predicted octanol–water partition coefficient (Wildman–Crippen LogP) is 3.30. The molecule has 3 rings (SSSR count). The fourth-order valence-corrected chi connectivity index (χ4v) is 1.90. The standard InChI is InChI=1S/C15H11N3O.ClH/c19-15(12-6-9-16-10-7-12)18-13-5-1-3-11-4-2-8-17-14(11)13;/h1-10H,(H,18,19);1H. The molecule has 20 heavy (non-hydrogen) atoms. The molecule has 0 fully saturated rings. The molecule has 5 heteroatoms. The second kappa shape index (κ2) is 6.12. The minimum absolute atomic E-state index is 0. The number of rotatable bonds is 2. The SMILES string of the molecule is Cl.O=C(Nc1cccc2cccnc12)c1ccncc1. The summed E-state index contributed by atoms with van der Waals surface area (Å²) in [7, 11) is 0. The largest absolute Gasteiger partial charge is 0.320 e. The number of fused-ring (bicyclic) bond motifs is 1. The third-order valence-corrected chi connectivity index (χ3v) is 2.82. The summed E-state index contributed by atoms with van der Waals surface area (Å²) in [5.41, 5.74) is 2.07. The van der Waals surface area contributed by atoms with Crippen molar-refractivity contribution in [2.75, 3.05) is 5.32 Å². The number of nitrogens with zero attached hydrogens (tertiary/aromatic N) is 2. The highest BCUT2D eigenvalue weighted by atomic mass is 35.5. The van der Waals surface area contributed by atoms with Crippen molar-refractivity contribution in [1.82, 2.24) is 9.97 Å². The quantitative estimate of drug-likeness (QED) is 0.786. The summed E-state index contributed by atoms with van der Waals surface area (Å²) in [6.07, 6.45) is 4.90. The molecule has 0 saturated carbocycles. The number of benzene rings is 1. The highest BCUT2D eigenvalue weighted by Crippen LogP contribution is 2.21.